The Hall–Kier alpha value is -1.44. The lowest BCUT2D eigenvalue weighted by molar-refractivity contribution is -0.139. The lowest BCUT2D eigenvalue weighted by Crippen LogP contribution is -2.55. The molecule has 6 nitrogen and oxygen atoms in total. The van der Waals surface area contributed by atoms with E-state index in [9.17, 15) is 13.2 Å². The standard InChI is InChI=1S/C19H29N3O3S/c1-14-4-5-18(12-15(14)2)26(24,25)21-9-6-17(7-10-21)19(23)22-11-8-20-13-16(22)3/h4-5,12,16-17,20H,6-11,13H2,1-3H3/t16-/m1/s1. The van der Waals surface area contributed by atoms with Gasteiger partial charge in [-0.3, -0.25) is 4.79 Å². The third kappa shape index (κ3) is 3.80. The molecule has 0 saturated carbocycles. The molecule has 2 heterocycles. The van der Waals surface area contributed by atoms with Gasteiger partial charge < -0.3 is 10.2 Å². The van der Waals surface area contributed by atoms with Crippen molar-refractivity contribution >= 4 is 15.9 Å². The van der Waals surface area contributed by atoms with Crippen LogP contribution in [-0.4, -0.2) is 62.3 Å². The van der Waals surface area contributed by atoms with Crippen LogP contribution in [0.3, 0.4) is 0 Å². The molecule has 0 bridgehead atoms. The van der Waals surface area contributed by atoms with E-state index < -0.39 is 10.0 Å². The van der Waals surface area contributed by atoms with Gasteiger partial charge in [-0.25, -0.2) is 8.42 Å². The predicted molar refractivity (Wildman–Crippen MR) is 101 cm³/mol. The molecule has 1 amide bonds. The third-order valence-electron chi connectivity index (χ3n) is 5.70. The Morgan fingerprint density at radius 2 is 1.81 bits per heavy atom. The second-order valence-corrected chi connectivity index (χ2v) is 9.45. The summed E-state index contributed by atoms with van der Waals surface area (Å²) < 4.78 is 27.3. The molecule has 3 rings (SSSR count). The van der Waals surface area contributed by atoms with E-state index in [1.54, 1.807) is 12.1 Å². The first-order chi connectivity index (χ1) is 12.3. The van der Waals surface area contributed by atoms with E-state index >= 15 is 0 Å². The van der Waals surface area contributed by atoms with Crippen LogP contribution >= 0.6 is 0 Å². The minimum Gasteiger partial charge on any atom is -0.337 e. The maximum Gasteiger partial charge on any atom is 0.243 e. The average Bonchev–Trinajstić information content (AvgIpc) is 2.64. The topological polar surface area (TPSA) is 69.7 Å². The molecule has 2 aliphatic heterocycles. The number of piperidine rings is 1. The predicted octanol–water partition coefficient (Wildman–Crippen LogP) is 1.52. The molecular formula is C19H29N3O3S. The number of hydrogen-bond acceptors (Lipinski definition) is 4. The van der Waals surface area contributed by atoms with E-state index in [0.29, 0.717) is 30.8 Å². The molecule has 1 aromatic rings. The van der Waals surface area contributed by atoms with Crippen LogP contribution in [0.4, 0.5) is 0 Å². The van der Waals surface area contributed by atoms with Crippen molar-refractivity contribution in [2.75, 3.05) is 32.7 Å². The molecule has 0 aromatic heterocycles. The third-order valence-corrected chi connectivity index (χ3v) is 7.60. The highest BCUT2D eigenvalue weighted by molar-refractivity contribution is 7.89. The lowest BCUT2D eigenvalue weighted by Gasteiger charge is -2.38. The number of nitrogens with zero attached hydrogens (tertiary/aromatic N) is 2. The first kappa shape index (κ1) is 19.3. The Labute approximate surface area is 156 Å². The van der Waals surface area contributed by atoms with Crippen LogP contribution < -0.4 is 5.32 Å². The highest BCUT2D eigenvalue weighted by Gasteiger charge is 2.35. The number of piperazine rings is 1. The summed E-state index contributed by atoms with van der Waals surface area (Å²) >= 11 is 0. The number of carbonyl (C=O) groups is 1. The van der Waals surface area contributed by atoms with E-state index in [1.807, 2.05) is 24.8 Å². The van der Waals surface area contributed by atoms with Crippen LogP contribution in [0.1, 0.15) is 30.9 Å². The summed E-state index contributed by atoms with van der Waals surface area (Å²) in [6, 6.07) is 5.47. The Morgan fingerprint density at radius 3 is 2.42 bits per heavy atom. The highest BCUT2D eigenvalue weighted by Crippen LogP contribution is 2.26. The fourth-order valence-electron chi connectivity index (χ4n) is 3.77. The summed E-state index contributed by atoms with van der Waals surface area (Å²) in [5.74, 6) is 0.115. The number of benzene rings is 1. The van der Waals surface area contributed by atoms with Crippen molar-refractivity contribution in [2.24, 2.45) is 5.92 Å². The zero-order chi connectivity index (χ0) is 18.9. The maximum absolute atomic E-state index is 12.9. The molecular weight excluding hydrogens is 350 g/mol. The van der Waals surface area contributed by atoms with Crippen LogP contribution in [0.2, 0.25) is 0 Å². The van der Waals surface area contributed by atoms with Gasteiger partial charge in [0, 0.05) is 44.7 Å². The van der Waals surface area contributed by atoms with Crippen molar-refractivity contribution in [3.63, 3.8) is 0 Å². The van der Waals surface area contributed by atoms with Crippen LogP contribution in [0.5, 0.6) is 0 Å². The average molecular weight is 380 g/mol. The highest BCUT2D eigenvalue weighted by atomic mass is 32.2. The normalized spacial score (nSPS) is 23.2. The number of hydrogen-bond donors (Lipinski definition) is 1. The van der Waals surface area contributed by atoms with Crippen molar-refractivity contribution in [1.29, 1.82) is 0 Å². The van der Waals surface area contributed by atoms with Crippen LogP contribution in [-0.2, 0) is 14.8 Å². The largest absolute Gasteiger partial charge is 0.337 e. The molecule has 1 N–H and O–H groups in total. The van der Waals surface area contributed by atoms with E-state index in [1.165, 1.54) is 4.31 Å². The van der Waals surface area contributed by atoms with E-state index in [2.05, 4.69) is 12.2 Å². The first-order valence-corrected chi connectivity index (χ1v) is 10.8. The zero-order valence-electron chi connectivity index (χ0n) is 15.9. The Balaban J connectivity index is 1.65. The smallest absolute Gasteiger partial charge is 0.243 e. The fraction of sp³-hybridized carbons (Fsp3) is 0.632. The molecule has 26 heavy (non-hydrogen) atoms. The molecule has 144 valence electrons. The van der Waals surface area contributed by atoms with Crippen molar-refractivity contribution in [2.45, 2.75) is 44.6 Å². The summed E-state index contributed by atoms with van der Waals surface area (Å²) in [5.41, 5.74) is 2.06. The minimum absolute atomic E-state index is 0.0678. The summed E-state index contributed by atoms with van der Waals surface area (Å²) in [7, 11) is -3.49. The van der Waals surface area contributed by atoms with E-state index in [-0.39, 0.29) is 17.9 Å². The number of aryl methyl sites for hydroxylation is 2. The van der Waals surface area contributed by atoms with Gasteiger partial charge in [-0.2, -0.15) is 4.31 Å². The van der Waals surface area contributed by atoms with Gasteiger partial charge in [0.05, 0.1) is 4.90 Å². The zero-order valence-corrected chi connectivity index (χ0v) is 16.7. The second kappa shape index (κ2) is 7.66. The molecule has 1 atom stereocenters. The molecule has 2 aliphatic rings. The monoisotopic (exact) mass is 379 g/mol. The summed E-state index contributed by atoms with van der Waals surface area (Å²) in [5, 5.41) is 3.29. The van der Waals surface area contributed by atoms with Gasteiger partial charge in [0.1, 0.15) is 0 Å². The number of rotatable bonds is 3. The first-order valence-electron chi connectivity index (χ1n) is 9.39. The van der Waals surface area contributed by atoms with Gasteiger partial charge in [0.2, 0.25) is 15.9 Å². The Kier molecular flexibility index (Phi) is 5.69. The van der Waals surface area contributed by atoms with Gasteiger partial charge in [-0.15, -0.1) is 0 Å². The van der Waals surface area contributed by atoms with Crippen molar-refractivity contribution in [3.8, 4) is 0 Å². The lowest BCUT2D eigenvalue weighted by atomic mass is 9.95. The summed E-state index contributed by atoms with van der Waals surface area (Å²) in [6.07, 6.45) is 1.19. The molecule has 0 aliphatic carbocycles. The van der Waals surface area contributed by atoms with Gasteiger partial charge >= 0.3 is 0 Å². The van der Waals surface area contributed by atoms with Crippen molar-refractivity contribution in [3.05, 3.63) is 29.3 Å². The number of sulfonamides is 1. The molecule has 2 saturated heterocycles. The minimum atomic E-state index is -3.49. The molecule has 2 fully saturated rings. The van der Waals surface area contributed by atoms with Gasteiger partial charge in [0.15, 0.2) is 0 Å². The summed E-state index contributed by atoms with van der Waals surface area (Å²) in [6.45, 7) is 9.17. The van der Waals surface area contributed by atoms with Gasteiger partial charge in [-0.05, 0) is 56.9 Å². The van der Waals surface area contributed by atoms with Crippen molar-refractivity contribution < 1.29 is 13.2 Å². The molecule has 0 radical (unpaired) electrons. The van der Waals surface area contributed by atoms with Gasteiger partial charge in [0.25, 0.3) is 0 Å². The fourth-order valence-corrected chi connectivity index (χ4v) is 5.32. The Morgan fingerprint density at radius 1 is 1.12 bits per heavy atom. The van der Waals surface area contributed by atoms with Crippen LogP contribution in [0.25, 0.3) is 0 Å². The van der Waals surface area contributed by atoms with Crippen LogP contribution in [0, 0.1) is 19.8 Å². The SMILES string of the molecule is Cc1ccc(S(=O)(=O)N2CCC(C(=O)N3CCNC[C@H]3C)CC2)cc1C. The summed E-state index contributed by atoms with van der Waals surface area (Å²) in [4.78, 5) is 15.1. The number of carbonyl (C=O) groups excluding carboxylic acids is 1. The van der Waals surface area contributed by atoms with Gasteiger partial charge in [-0.1, -0.05) is 6.07 Å². The maximum atomic E-state index is 12.9. The molecule has 0 spiro atoms. The molecule has 1 aromatic carbocycles. The molecule has 0 unspecified atom stereocenters. The van der Waals surface area contributed by atoms with E-state index in [0.717, 1.165) is 30.8 Å². The number of amides is 1. The molecule has 7 heteroatoms. The number of nitrogens with one attached hydrogen (secondary N) is 1. The quantitative estimate of drug-likeness (QED) is 0.865. The van der Waals surface area contributed by atoms with Crippen molar-refractivity contribution in [1.82, 2.24) is 14.5 Å². The van der Waals surface area contributed by atoms with E-state index in [4.69, 9.17) is 0 Å². The second-order valence-electron chi connectivity index (χ2n) is 7.51. The van der Waals surface area contributed by atoms with Crippen LogP contribution in [0.15, 0.2) is 23.1 Å². The Bertz CT molecular complexity index is 770.